The average molecular weight is 260 g/mol. The van der Waals surface area contributed by atoms with Crippen LogP contribution in [0.1, 0.15) is 31.7 Å². The van der Waals surface area contributed by atoms with Crippen molar-refractivity contribution in [2.24, 2.45) is 0 Å². The summed E-state index contributed by atoms with van der Waals surface area (Å²) >= 11 is 0. The Morgan fingerprint density at radius 3 is 2.74 bits per heavy atom. The quantitative estimate of drug-likeness (QED) is 0.904. The van der Waals surface area contributed by atoms with Gasteiger partial charge >= 0.3 is 0 Å². The molecule has 1 fully saturated rings. The molecule has 19 heavy (non-hydrogen) atoms. The maximum absolute atomic E-state index is 5.79. The molecular formula is C16H24N2O. The standard InChI is InChI=1S/C16H24N2O/c1-12-10-18(11-13(2)19-12)8-7-14-9-17-16-6-4-3-5-15(14)16/h3-6,12-14,17H,7-11H2,1-2H3/t12-,13+,14?. The molecule has 1 N–H and O–H groups in total. The van der Waals surface area contributed by atoms with E-state index in [-0.39, 0.29) is 0 Å². The molecule has 2 aliphatic heterocycles. The minimum absolute atomic E-state index is 0.373. The summed E-state index contributed by atoms with van der Waals surface area (Å²) in [5.41, 5.74) is 2.83. The molecule has 0 amide bonds. The van der Waals surface area contributed by atoms with Crippen LogP contribution in [-0.2, 0) is 4.74 Å². The van der Waals surface area contributed by atoms with Crippen LogP contribution in [0.5, 0.6) is 0 Å². The van der Waals surface area contributed by atoms with Gasteiger partial charge in [0, 0.05) is 31.2 Å². The van der Waals surface area contributed by atoms with Gasteiger partial charge in [-0.3, -0.25) is 4.90 Å². The summed E-state index contributed by atoms with van der Waals surface area (Å²) in [6.45, 7) is 8.77. The molecule has 0 radical (unpaired) electrons. The summed E-state index contributed by atoms with van der Waals surface area (Å²) < 4.78 is 5.79. The van der Waals surface area contributed by atoms with Crippen LogP contribution in [0.25, 0.3) is 0 Å². The number of hydrogen-bond acceptors (Lipinski definition) is 3. The molecule has 3 rings (SSSR count). The molecule has 0 saturated carbocycles. The number of para-hydroxylation sites is 1. The van der Waals surface area contributed by atoms with Crippen molar-refractivity contribution in [1.29, 1.82) is 0 Å². The number of rotatable bonds is 3. The third kappa shape index (κ3) is 2.93. The van der Waals surface area contributed by atoms with Gasteiger partial charge in [-0.2, -0.15) is 0 Å². The van der Waals surface area contributed by atoms with Crippen LogP contribution in [0.3, 0.4) is 0 Å². The zero-order chi connectivity index (χ0) is 13.2. The van der Waals surface area contributed by atoms with Gasteiger partial charge in [-0.1, -0.05) is 18.2 Å². The summed E-state index contributed by atoms with van der Waals surface area (Å²) in [4.78, 5) is 2.56. The number of morpholine rings is 1. The lowest BCUT2D eigenvalue weighted by Crippen LogP contribution is -2.45. The molecular weight excluding hydrogens is 236 g/mol. The van der Waals surface area contributed by atoms with Gasteiger partial charge in [0.25, 0.3) is 0 Å². The number of benzene rings is 1. The Labute approximate surface area is 115 Å². The number of nitrogens with zero attached hydrogens (tertiary/aromatic N) is 1. The van der Waals surface area contributed by atoms with Crippen molar-refractivity contribution >= 4 is 5.69 Å². The van der Waals surface area contributed by atoms with Gasteiger partial charge in [-0.25, -0.2) is 0 Å². The van der Waals surface area contributed by atoms with E-state index in [1.165, 1.54) is 24.2 Å². The molecule has 0 aliphatic carbocycles. The zero-order valence-electron chi connectivity index (χ0n) is 11.9. The first-order valence-electron chi connectivity index (χ1n) is 7.43. The molecule has 3 heteroatoms. The molecule has 1 unspecified atom stereocenters. The van der Waals surface area contributed by atoms with Gasteiger partial charge in [0.15, 0.2) is 0 Å². The Morgan fingerprint density at radius 1 is 1.21 bits per heavy atom. The van der Waals surface area contributed by atoms with E-state index in [1.54, 1.807) is 0 Å². The number of nitrogens with one attached hydrogen (secondary N) is 1. The summed E-state index contributed by atoms with van der Waals surface area (Å²) in [6, 6.07) is 8.72. The second kappa shape index (κ2) is 5.51. The summed E-state index contributed by atoms with van der Waals surface area (Å²) in [5, 5.41) is 3.51. The third-order valence-electron chi connectivity index (χ3n) is 4.23. The van der Waals surface area contributed by atoms with E-state index >= 15 is 0 Å². The fourth-order valence-electron chi connectivity index (χ4n) is 3.42. The van der Waals surface area contributed by atoms with Crippen molar-refractivity contribution in [1.82, 2.24) is 4.90 Å². The topological polar surface area (TPSA) is 24.5 Å². The van der Waals surface area contributed by atoms with Crippen LogP contribution in [0.15, 0.2) is 24.3 Å². The molecule has 0 aromatic heterocycles. The molecule has 2 aliphatic rings. The van der Waals surface area contributed by atoms with Crippen molar-refractivity contribution in [3.05, 3.63) is 29.8 Å². The maximum atomic E-state index is 5.79. The fraction of sp³-hybridized carbons (Fsp3) is 0.625. The van der Waals surface area contributed by atoms with Gasteiger partial charge in [0.1, 0.15) is 0 Å². The van der Waals surface area contributed by atoms with Crippen LogP contribution < -0.4 is 5.32 Å². The molecule has 104 valence electrons. The second-order valence-electron chi connectivity index (χ2n) is 5.97. The zero-order valence-corrected chi connectivity index (χ0v) is 11.9. The average Bonchev–Trinajstić information content (AvgIpc) is 2.78. The minimum Gasteiger partial charge on any atom is -0.384 e. The highest BCUT2D eigenvalue weighted by Gasteiger charge is 2.25. The summed E-state index contributed by atoms with van der Waals surface area (Å²) in [7, 11) is 0. The van der Waals surface area contributed by atoms with Crippen LogP contribution >= 0.6 is 0 Å². The van der Waals surface area contributed by atoms with E-state index < -0.39 is 0 Å². The Kier molecular flexibility index (Phi) is 3.76. The Bertz CT molecular complexity index is 425. The van der Waals surface area contributed by atoms with Gasteiger partial charge in [0.2, 0.25) is 0 Å². The van der Waals surface area contributed by atoms with Gasteiger partial charge in [-0.15, -0.1) is 0 Å². The molecule has 3 atom stereocenters. The van der Waals surface area contributed by atoms with E-state index in [2.05, 4.69) is 48.3 Å². The highest BCUT2D eigenvalue weighted by molar-refractivity contribution is 5.57. The highest BCUT2D eigenvalue weighted by Crippen LogP contribution is 2.33. The van der Waals surface area contributed by atoms with Gasteiger partial charge in [-0.05, 0) is 38.4 Å². The van der Waals surface area contributed by atoms with Crippen molar-refractivity contribution in [3.63, 3.8) is 0 Å². The number of ether oxygens (including phenoxy) is 1. The monoisotopic (exact) mass is 260 g/mol. The van der Waals surface area contributed by atoms with Crippen LogP contribution in [0.2, 0.25) is 0 Å². The lowest BCUT2D eigenvalue weighted by atomic mass is 9.97. The first-order valence-corrected chi connectivity index (χ1v) is 7.43. The van der Waals surface area contributed by atoms with E-state index in [4.69, 9.17) is 4.74 Å². The summed E-state index contributed by atoms with van der Waals surface area (Å²) in [6.07, 6.45) is 1.99. The molecule has 0 bridgehead atoms. The number of anilines is 1. The van der Waals surface area contributed by atoms with E-state index in [0.29, 0.717) is 18.1 Å². The first-order chi connectivity index (χ1) is 9.22. The van der Waals surface area contributed by atoms with Crippen LogP contribution in [0.4, 0.5) is 5.69 Å². The van der Waals surface area contributed by atoms with E-state index in [1.807, 2.05) is 0 Å². The Hall–Kier alpha value is -1.06. The molecule has 3 nitrogen and oxygen atoms in total. The third-order valence-corrected chi connectivity index (χ3v) is 4.23. The molecule has 2 heterocycles. The van der Waals surface area contributed by atoms with Crippen molar-refractivity contribution in [2.45, 2.75) is 38.4 Å². The predicted octanol–water partition coefficient (Wildman–Crippen LogP) is 2.70. The molecule has 1 aromatic rings. The van der Waals surface area contributed by atoms with Crippen molar-refractivity contribution in [3.8, 4) is 0 Å². The normalized spacial score (nSPS) is 30.9. The van der Waals surface area contributed by atoms with Crippen molar-refractivity contribution < 1.29 is 4.74 Å². The van der Waals surface area contributed by atoms with E-state index in [0.717, 1.165) is 19.6 Å². The predicted molar refractivity (Wildman–Crippen MR) is 78.7 cm³/mol. The second-order valence-corrected chi connectivity index (χ2v) is 5.97. The maximum Gasteiger partial charge on any atom is 0.0678 e. The Morgan fingerprint density at radius 2 is 1.95 bits per heavy atom. The SMILES string of the molecule is C[C@@H]1CN(CCC2CNc3ccccc32)C[C@H](C)O1. The van der Waals surface area contributed by atoms with E-state index in [9.17, 15) is 0 Å². The number of hydrogen-bond donors (Lipinski definition) is 1. The lowest BCUT2D eigenvalue weighted by Gasteiger charge is -2.35. The Balaban J connectivity index is 1.56. The largest absolute Gasteiger partial charge is 0.384 e. The van der Waals surface area contributed by atoms with Crippen LogP contribution in [-0.4, -0.2) is 43.3 Å². The minimum atomic E-state index is 0.373. The van der Waals surface area contributed by atoms with Gasteiger partial charge < -0.3 is 10.1 Å². The lowest BCUT2D eigenvalue weighted by molar-refractivity contribution is -0.0683. The highest BCUT2D eigenvalue weighted by atomic mass is 16.5. The van der Waals surface area contributed by atoms with Gasteiger partial charge in [0.05, 0.1) is 12.2 Å². The smallest absolute Gasteiger partial charge is 0.0678 e. The molecule has 0 spiro atoms. The van der Waals surface area contributed by atoms with Crippen LogP contribution in [0, 0.1) is 0 Å². The fourth-order valence-corrected chi connectivity index (χ4v) is 3.42. The molecule has 1 saturated heterocycles. The number of fused-ring (bicyclic) bond motifs is 1. The summed E-state index contributed by atoms with van der Waals surface area (Å²) in [5.74, 6) is 0.671. The molecule has 1 aromatic carbocycles. The van der Waals surface area contributed by atoms with Crippen molar-refractivity contribution in [2.75, 3.05) is 31.5 Å². The first kappa shape index (κ1) is 12.9.